The van der Waals surface area contributed by atoms with Crippen LogP contribution in [0.2, 0.25) is 0 Å². The zero-order chi connectivity index (χ0) is 18.3. The number of rotatable bonds is 3. The summed E-state index contributed by atoms with van der Waals surface area (Å²) < 4.78 is 7.35. The summed E-state index contributed by atoms with van der Waals surface area (Å²) in [6, 6.07) is 10.8. The molecule has 26 heavy (non-hydrogen) atoms. The van der Waals surface area contributed by atoms with Crippen molar-refractivity contribution < 1.29 is 9.21 Å². The van der Waals surface area contributed by atoms with E-state index in [1.807, 2.05) is 57.2 Å². The van der Waals surface area contributed by atoms with Crippen molar-refractivity contribution in [1.82, 2.24) is 20.2 Å². The van der Waals surface area contributed by atoms with Crippen LogP contribution in [-0.4, -0.2) is 26.1 Å². The zero-order valence-electron chi connectivity index (χ0n) is 14.6. The summed E-state index contributed by atoms with van der Waals surface area (Å²) in [5.41, 5.74) is 2.92. The van der Waals surface area contributed by atoms with E-state index in [1.165, 1.54) is 0 Å². The Hall–Kier alpha value is -3.42. The minimum Gasteiger partial charge on any atom is -0.464 e. The number of allylic oxidation sites excluding steroid dienone is 1. The Morgan fingerprint density at radius 3 is 2.73 bits per heavy atom. The van der Waals surface area contributed by atoms with E-state index in [9.17, 15) is 4.79 Å². The summed E-state index contributed by atoms with van der Waals surface area (Å²) in [6.07, 6.45) is 0. The molecule has 1 aromatic carbocycles. The molecule has 132 valence electrons. The molecule has 1 unspecified atom stereocenters. The fourth-order valence-corrected chi connectivity index (χ4v) is 3.07. The van der Waals surface area contributed by atoms with Gasteiger partial charge in [-0.1, -0.05) is 23.3 Å². The Morgan fingerprint density at radius 1 is 1.19 bits per heavy atom. The molecule has 1 aliphatic rings. The van der Waals surface area contributed by atoms with E-state index < -0.39 is 6.04 Å². The van der Waals surface area contributed by atoms with Crippen molar-refractivity contribution in [1.29, 1.82) is 0 Å². The Bertz CT molecular complexity index is 1020. The van der Waals surface area contributed by atoms with Gasteiger partial charge in [-0.3, -0.25) is 4.79 Å². The molecular weight excluding hydrogens is 332 g/mol. The van der Waals surface area contributed by atoms with Crippen molar-refractivity contribution in [2.24, 2.45) is 0 Å². The highest BCUT2D eigenvalue weighted by atomic mass is 16.3. The van der Waals surface area contributed by atoms with Crippen molar-refractivity contribution >= 4 is 17.5 Å². The summed E-state index contributed by atoms with van der Waals surface area (Å²) in [4.78, 5) is 13.1. The third kappa shape index (κ3) is 2.65. The topological polar surface area (TPSA) is 97.9 Å². The summed E-state index contributed by atoms with van der Waals surface area (Å²) in [5, 5.41) is 17.8. The molecule has 0 saturated heterocycles. The molecule has 8 heteroatoms. The van der Waals surface area contributed by atoms with Crippen molar-refractivity contribution in [2.45, 2.75) is 26.8 Å². The van der Waals surface area contributed by atoms with Crippen LogP contribution in [-0.2, 0) is 4.79 Å². The predicted molar refractivity (Wildman–Crippen MR) is 95.5 cm³/mol. The minimum absolute atomic E-state index is 0.232. The first kappa shape index (κ1) is 16.1. The number of nitrogens with one attached hydrogen (secondary N) is 2. The highest BCUT2D eigenvalue weighted by Crippen LogP contribution is 2.35. The second kappa shape index (κ2) is 6.14. The van der Waals surface area contributed by atoms with Crippen LogP contribution >= 0.6 is 0 Å². The highest BCUT2D eigenvalue weighted by Gasteiger charge is 2.36. The molecule has 0 saturated carbocycles. The molecule has 0 radical (unpaired) electrons. The van der Waals surface area contributed by atoms with Gasteiger partial charge in [-0.2, -0.15) is 4.68 Å². The van der Waals surface area contributed by atoms with E-state index in [1.54, 1.807) is 4.68 Å². The zero-order valence-corrected chi connectivity index (χ0v) is 14.6. The fraction of sp³-hybridized carbons (Fsp3) is 0.222. The van der Waals surface area contributed by atoms with Crippen LogP contribution in [0.5, 0.6) is 0 Å². The van der Waals surface area contributed by atoms with Gasteiger partial charge in [0.25, 0.3) is 5.91 Å². The average molecular weight is 350 g/mol. The quantitative estimate of drug-likeness (QED) is 0.754. The number of carbonyl (C=O) groups is 1. The van der Waals surface area contributed by atoms with Crippen LogP contribution < -0.4 is 10.6 Å². The maximum atomic E-state index is 13.1. The number of fused-ring (bicyclic) bond motifs is 1. The molecule has 4 rings (SSSR count). The lowest BCUT2D eigenvalue weighted by Gasteiger charge is -2.26. The molecule has 8 nitrogen and oxygen atoms in total. The first-order chi connectivity index (χ1) is 12.5. The maximum Gasteiger partial charge on any atom is 0.256 e. The first-order valence-corrected chi connectivity index (χ1v) is 8.23. The van der Waals surface area contributed by atoms with Gasteiger partial charge in [0.15, 0.2) is 0 Å². The Morgan fingerprint density at radius 2 is 2.00 bits per heavy atom. The van der Waals surface area contributed by atoms with Crippen molar-refractivity contribution in [3.63, 3.8) is 0 Å². The lowest BCUT2D eigenvalue weighted by atomic mass is 10.00. The highest BCUT2D eigenvalue weighted by molar-refractivity contribution is 6.06. The number of aromatic nitrogens is 4. The smallest absolute Gasteiger partial charge is 0.256 e. The number of para-hydroxylation sites is 1. The van der Waals surface area contributed by atoms with E-state index in [0.717, 1.165) is 17.0 Å². The average Bonchev–Trinajstić information content (AvgIpc) is 3.24. The number of tetrazole rings is 1. The Balaban J connectivity index is 1.77. The molecular formula is C18H18N6O2. The van der Waals surface area contributed by atoms with Gasteiger partial charge in [0.1, 0.15) is 17.6 Å². The molecule has 1 atom stereocenters. The summed E-state index contributed by atoms with van der Waals surface area (Å²) in [5.74, 6) is 1.59. The number of amides is 1. The molecule has 0 spiro atoms. The number of carbonyl (C=O) groups excluding carboxylic acids is 1. The lowest BCUT2D eigenvalue weighted by molar-refractivity contribution is -0.113. The normalized spacial score (nSPS) is 16.2. The third-order valence-electron chi connectivity index (χ3n) is 4.38. The molecule has 1 aliphatic heterocycles. The number of nitrogens with zero attached hydrogens (tertiary/aromatic N) is 4. The number of hydrogen-bond donors (Lipinski definition) is 2. The molecule has 2 N–H and O–H groups in total. The van der Waals surface area contributed by atoms with E-state index in [-0.39, 0.29) is 5.91 Å². The van der Waals surface area contributed by atoms with Crippen LogP contribution in [0, 0.1) is 13.8 Å². The lowest BCUT2D eigenvalue weighted by Crippen LogP contribution is -2.31. The number of benzene rings is 1. The summed E-state index contributed by atoms with van der Waals surface area (Å²) >= 11 is 0. The minimum atomic E-state index is -0.543. The third-order valence-corrected chi connectivity index (χ3v) is 4.38. The fourth-order valence-electron chi connectivity index (χ4n) is 3.07. The van der Waals surface area contributed by atoms with Gasteiger partial charge in [0.2, 0.25) is 5.95 Å². The summed E-state index contributed by atoms with van der Waals surface area (Å²) in [6.45, 7) is 5.63. The van der Waals surface area contributed by atoms with Gasteiger partial charge in [0.05, 0.1) is 5.57 Å². The molecule has 3 aromatic rings. The van der Waals surface area contributed by atoms with Gasteiger partial charge in [-0.15, -0.1) is 0 Å². The van der Waals surface area contributed by atoms with Gasteiger partial charge < -0.3 is 15.1 Å². The predicted octanol–water partition coefficient (Wildman–Crippen LogP) is 2.81. The SMILES string of the molecule is CC1=C(C(=O)Nc2ccccc2C)C(c2ccc(C)o2)n2nnnc2N1. The van der Waals surface area contributed by atoms with Gasteiger partial charge in [-0.05, 0) is 55.0 Å². The molecule has 0 aliphatic carbocycles. The van der Waals surface area contributed by atoms with E-state index >= 15 is 0 Å². The monoisotopic (exact) mass is 350 g/mol. The van der Waals surface area contributed by atoms with Crippen LogP contribution in [0.3, 0.4) is 0 Å². The van der Waals surface area contributed by atoms with Gasteiger partial charge in [-0.25, -0.2) is 0 Å². The van der Waals surface area contributed by atoms with Crippen molar-refractivity contribution in [2.75, 3.05) is 10.6 Å². The number of hydrogen-bond acceptors (Lipinski definition) is 6. The molecule has 1 amide bonds. The second-order valence-electron chi connectivity index (χ2n) is 6.23. The van der Waals surface area contributed by atoms with E-state index in [2.05, 4.69) is 26.2 Å². The van der Waals surface area contributed by atoms with Crippen molar-refractivity contribution in [3.05, 3.63) is 64.8 Å². The van der Waals surface area contributed by atoms with Gasteiger partial charge >= 0.3 is 0 Å². The molecule has 3 heterocycles. The largest absolute Gasteiger partial charge is 0.464 e. The molecule has 0 fully saturated rings. The maximum absolute atomic E-state index is 13.1. The van der Waals surface area contributed by atoms with E-state index in [4.69, 9.17) is 4.42 Å². The van der Waals surface area contributed by atoms with Crippen LogP contribution in [0.4, 0.5) is 11.6 Å². The molecule has 0 bridgehead atoms. The molecule has 2 aromatic heterocycles. The number of aryl methyl sites for hydroxylation is 2. The van der Waals surface area contributed by atoms with Crippen LogP contribution in [0.15, 0.2) is 52.1 Å². The van der Waals surface area contributed by atoms with E-state index in [0.29, 0.717) is 23.0 Å². The standard InChI is InChI=1S/C18H18N6O2/c1-10-6-4-5-7-13(10)20-17(25)15-12(3)19-18-21-22-23-24(18)16(15)14-9-8-11(2)26-14/h4-9,16H,1-3H3,(H,20,25)(H,19,21,23). The van der Waals surface area contributed by atoms with Crippen molar-refractivity contribution in [3.8, 4) is 0 Å². The van der Waals surface area contributed by atoms with Gasteiger partial charge in [0, 0.05) is 11.4 Å². The van der Waals surface area contributed by atoms with Crippen LogP contribution in [0.1, 0.15) is 30.0 Å². The Labute approximate surface area is 149 Å². The number of anilines is 2. The summed E-state index contributed by atoms with van der Waals surface area (Å²) in [7, 11) is 0. The second-order valence-corrected chi connectivity index (χ2v) is 6.23. The van der Waals surface area contributed by atoms with Crippen LogP contribution in [0.25, 0.3) is 0 Å². The first-order valence-electron chi connectivity index (χ1n) is 8.23. The Kier molecular flexibility index (Phi) is 3.80. The number of furan rings is 1.